The molecule has 8 nitrogen and oxygen atoms in total. The third-order valence-electron chi connectivity index (χ3n) is 5.75. The molecular weight excluding hydrogens is 500 g/mol. The van der Waals surface area contributed by atoms with Crippen LogP contribution in [-0.4, -0.2) is 52.2 Å². The van der Waals surface area contributed by atoms with E-state index >= 15 is 0 Å². The molecule has 39 heavy (non-hydrogen) atoms. The van der Waals surface area contributed by atoms with Crippen molar-refractivity contribution in [3.63, 3.8) is 0 Å². The van der Waals surface area contributed by atoms with Crippen LogP contribution in [0, 0.1) is 0 Å². The zero-order chi connectivity index (χ0) is 28.4. The number of carbonyl (C=O) groups excluding carboxylic acids is 2. The molecule has 3 rings (SSSR count). The van der Waals surface area contributed by atoms with Gasteiger partial charge in [-0.05, 0) is 84.5 Å². The monoisotopic (exact) mass is 530 g/mol. The summed E-state index contributed by atoms with van der Waals surface area (Å²) in [5, 5.41) is 10.2. The number of hydrogen-bond acceptors (Lipinski definition) is 8. The van der Waals surface area contributed by atoms with Crippen LogP contribution in [0.1, 0.15) is 16.7 Å². The lowest BCUT2D eigenvalue weighted by Crippen LogP contribution is -2.08. The molecular formula is C31H30O8. The van der Waals surface area contributed by atoms with Gasteiger partial charge >= 0.3 is 0 Å². The molecule has 0 aliphatic rings. The summed E-state index contributed by atoms with van der Waals surface area (Å²) in [6.07, 6.45) is 7.06. The highest BCUT2D eigenvalue weighted by molar-refractivity contribution is 6.31. The molecule has 0 amide bonds. The molecule has 0 saturated carbocycles. The van der Waals surface area contributed by atoms with Crippen LogP contribution in [0.3, 0.4) is 0 Å². The van der Waals surface area contributed by atoms with E-state index in [0.29, 0.717) is 39.7 Å². The zero-order valence-corrected chi connectivity index (χ0v) is 22.4. The highest BCUT2D eigenvalue weighted by atomic mass is 16.5. The fourth-order valence-electron chi connectivity index (χ4n) is 3.68. The summed E-state index contributed by atoms with van der Waals surface area (Å²) in [5.41, 5.74) is 1.49. The summed E-state index contributed by atoms with van der Waals surface area (Å²) >= 11 is 0. The van der Waals surface area contributed by atoms with Crippen LogP contribution < -0.4 is 23.7 Å². The standard InChI is InChI=1S/C31H30O8/c1-35-23-9-14-29(37-3)21(18-23)7-11-26(32)25(16-20-6-13-31(39-5)28(34)17-20)27(33)12-8-22-19-24(36-2)10-15-30(22)38-4/h6-19,34H,1-5H3/b11-7+,12-8+. The van der Waals surface area contributed by atoms with E-state index in [1.807, 2.05) is 0 Å². The molecule has 0 aromatic heterocycles. The van der Waals surface area contributed by atoms with E-state index in [4.69, 9.17) is 23.7 Å². The summed E-state index contributed by atoms with van der Waals surface area (Å²) in [4.78, 5) is 26.7. The van der Waals surface area contributed by atoms with Gasteiger partial charge < -0.3 is 28.8 Å². The smallest absolute Gasteiger partial charge is 0.189 e. The Bertz CT molecular complexity index is 1350. The topological polar surface area (TPSA) is 101 Å². The number of hydrogen-bond donors (Lipinski definition) is 1. The second kappa shape index (κ2) is 13.5. The number of methoxy groups -OCH3 is 5. The fourth-order valence-corrected chi connectivity index (χ4v) is 3.68. The lowest BCUT2D eigenvalue weighted by Gasteiger charge is -2.08. The fraction of sp³-hybridized carbons (Fsp3) is 0.161. The molecule has 8 heteroatoms. The van der Waals surface area contributed by atoms with Crippen molar-refractivity contribution >= 4 is 29.8 Å². The number of phenols is 1. The van der Waals surface area contributed by atoms with Crippen molar-refractivity contribution in [2.45, 2.75) is 0 Å². The van der Waals surface area contributed by atoms with E-state index in [1.165, 1.54) is 59.8 Å². The van der Waals surface area contributed by atoms with Crippen molar-refractivity contribution < 1.29 is 38.4 Å². The molecule has 0 aliphatic carbocycles. The average Bonchev–Trinajstić information content (AvgIpc) is 2.96. The molecule has 202 valence electrons. The van der Waals surface area contributed by atoms with Gasteiger partial charge in [-0.25, -0.2) is 0 Å². The van der Waals surface area contributed by atoms with Crippen molar-refractivity contribution in [3.8, 4) is 34.5 Å². The van der Waals surface area contributed by atoms with Crippen molar-refractivity contribution in [2.24, 2.45) is 0 Å². The Morgan fingerprint density at radius 1 is 0.615 bits per heavy atom. The Hall–Kier alpha value is -4.98. The maximum Gasteiger partial charge on any atom is 0.189 e. The van der Waals surface area contributed by atoms with Crippen LogP contribution in [0.4, 0.5) is 0 Å². The Morgan fingerprint density at radius 2 is 1.08 bits per heavy atom. The molecule has 0 unspecified atom stereocenters. The van der Waals surface area contributed by atoms with Gasteiger partial charge in [-0.1, -0.05) is 6.07 Å². The molecule has 3 aromatic carbocycles. The molecule has 0 heterocycles. The molecule has 1 N–H and O–H groups in total. The Balaban J connectivity index is 2.02. The van der Waals surface area contributed by atoms with E-state index in [2.05, 4.69) is 0 Å². The van der Waals surface area contributed by atoms with Gasteiger partial charge in [0.1, 0.15) is 23.0 Å². The number of carbonyl (C=O) groups is 2. The van der Waals surface area contributed by atoms with Crippen molar-refractivity contribution in [1.82, 2.24) is 0 Å². The first-order chi connectivity index (χ1) is 18.8. The van der Waals surface area contributed by atoms with Crippen LogP contribution in [0.25, 0.3) is 18.2 Å². The minimum absolute atomic E-state index is 0.126. The Kier molecular flexibility index (Phi) is 9.92. The Morgan fingerprint density at radius 3 is 1.49 bits per heavy atom. The number of ether oxygens (including phenoxy) is 5. The van der Waals surface area contributed by atoms with E-state index < -0.39 is 11.6 Å². The van der Waals surface area contributed by atoms with Crippen molar-refractivity contribution in [3.05, 3.63) is 89.0 Å². The maximum atomic E-state index is 13.3. The Labute approximate surface area is 227 Å². The zero-order valence-electron chi connectivity index (χ0n) is 22.4. The maximum absolute atomic E-state index is 13.3. The van der Waals surface area contributed by atoms with E-state index in [1.54, 1.807) is 60.7 Å². The number of rotatable bonds is 12. The molecule has 0 bridgehead atoms. The number of aromatic hydroxyl groups is 1. The number of phenolic OH excluding ortho intramolecular Hbond substituents is 1. The molecule has 0 fully saturated rings. The lowest BCUT2D eigenvalue weighted by atomic mass is 10.00. The highest BCUT2D eigenvalue weighted by Gasteiger charge is 2.16. The summed E-state index contributed by atoms with van der Waals surface area (Å²) < 4.78 is 26.4. The van der Waals surface area contributed by atoms with Crippen molar-refractivity contribution in [2.75, 3.05) is 35.5 Å². The van der Waals surface area contributed by atoms with Crippen LogP contribution in [0.2, 0.25) is 0 Å². The third kappa shape index (κ3) is 7.29. The predicted octanol–water partition coefficient (Wildman–Crippen LogP) is 5.38. The van der Waals surface area contributed by atoms with Gasteiger partial charge in [-0.3, -0.25) is 9.59 Å². The van der Waals surface area contributed by atoms with E-state index in [0.717, 1.165) is 0 Å². The normalized spacial score (nSPS) is 10.8. The molecule has 3 aromatic rings. The minimum atomic E-state index is -0.553. The molecule has 0 radical (unpaired) electrons. The minimum Gasteiger partial charge on any atom is -0.504 e. The average molecular weight is 531 g/mol. The quantitative estimate of drug-likeness (QED) is 0.189. The first kappa shape index (κ1) is 28.6. The van der Waals surface area contributed by atoms with E-state index in [9.17, 15) is 14.7 Å². The van der Waals surface area contributed by atoms with Gasteiger partial charge in [-0.15, -0.1) is 0 Å². The second-order valence-corrected chi connectivity index (χ2v) is 8.10. The molecule has 0 aliphatic heterocycles. The second-order valence-electron chi connectivity index (χ2n) is 8.10. The predicted molar refractivity (Wildman–Crippen MR) is 150 cm³/mol. The third-order valence-corrected chi connectivity index (χ3v) is 5.75. The number of benzene rings is 3. The van der Waals surface area contributed by atoms with Gasteiger partial charge in [0.15, 0.2) is 23.1 Å². The molecule has 0 saturated heterocycles. The van der Waals surface area contributed by atoms with Gasteiger partial charge in [0.25, 0.3) is 0 Å². The highest BCUT2D eigenvalue weighted by Crippen LogP contribution is 2.29. The van der Waals surface area contributed by atoms with E-state index in [-0.39, 0.29) is 17.1 Å². The van der Waals surface area contributed by atoms with Gasteiger partial charge in [0.05, 0.1) is 41.1 Å². The van der Waals surface area contributed by atoms with Crippen LogP contribution in [0.5, 0.6) is 34.5 Å². The molecule has 0 atom stereocenters. The van der Waals surface area contributed by atoms with Gasteiger partial charge in [-0.2, -0.15) is 0 Å². The van der Waals surface area contributed by atoms with Crippen molar-refractivity contribution in [1.29, 1.82) is 0 Å². The number of allylic oxidation sites excluding steroid dienone is 3. The number of ketones is 2. The van der Waals surface area contributed by atoms with Crippen LogP contribution >= 0.6 is 0 Å². The summed E-state index contributed by atoms with van der Waals surface area (Å²) in [6, 6.07) is 14.9. The summed E-state index contributed by atoms with van der Waals surface area (Å²) in [6.45, 7) is 0. The lowest BCUT2D eigenvalue weighted by molar-refractivity contribution is -0.116. The summed E-state index contributed by atoms with van der Waals surface area (Å²) in [5.74, 6) is 1.26. The van der Waals surface area contributed by atoms with Gasteiger partial charge in [0.2, 0.25) is 0 Å². The largest absolute Gasteiger partial charge is 0.504 e. The van der Waals surface area contributed by atoms with Crippen LogP contribution in [-0.2, 0) is 9.59 Å². The molecule has 0 spiro atoms. The first-order valence-corrected chi connectivity index (χ1v) is 11.8. The first-order valence-electron chi connectivity index (χ1n) is 11.8. The van der Waals surface area contributed by atoms with Crippen LogP contribution in [0.15, 0.2) is 72.3 Å². The van der Waals surface area contributed by atoms with Gasteiger partial charge in [0, 0.05) is 11.1 Å². The summed E-state index contributed by atoms with van der Waals surface area (Å²) in [7, 11) is 7.54. The SMILES string of the molecule is COc1ccc(OC)c(/C=C/C(=O)C(=Cc2ccc(OC)c(O)c2)C(=O)/C=C/c2cc(OC)ccc2OC)c1.